The molecule has 3 aromatic rings. The molecule has 1 atom stereocenters. The highest BCUT2D eigenvalue weighted by atomic mass is 32.2. The Morgan fingerprint density at radius 2 is 1.84 bits per heavy atom. The van der Waals surface area contributed by atoms with Gasteiger partial charge in [0.15, 0.2) is 0 Å². The van der Waals surface area contributed by atoms with Crippen molar-refractivity contribution in [1.29, 1.82) is 0 Å². The van der Waals surface area contributed by atoms with Gasteiger partial charge in [-0.2, -0.15) is 5.10 Å². The van der Waals surface area contributed by atoms with E-state index in [9.17, 15) is 13.4 Å². The van der Waals surface area contributed by atoms with Gasteiger partial charge >= 0.3 is 0 Å². The number of nitrogens with zero attached hydrogens (tertiary/aromatic N) is 4. The van der Waals surface area contributed by atoms with Crippen LogP contribution in [0.25, 0.3) is 17.3 Å². The number of likely N-dealkylation sites (tertiary alicyclic amines) is 1. The van der Waals surface area contributed by atoms with Crippen molar-refractivity contribution in [1.82, 2.24) is 24.3 Å². The van der Waals surface area contributed by atoms with Crippen LogP contribution in [0.15, 0.2) is 72.3 Å². The molecule has 2 heterocycles. The van der Waals surface area contributed by atoms with Crippen LogP contribution in [0.1, 0.15) is 36.6 Å². The molecule has 4 rings (SSSR count). The summed E-state index contributed by atoms with van der Waals surface area (Å²) in [5, 5.41) is 7.37. The largest absolute Gasteiger partial charge is 0.348 e. The minimum Gasteiger partial charge on any atom is -0.348 e. The third-order valence-electron chi connectivity index (χ3n) is 6.94. The molecule has 1 N–H and O–H groups in total. The molecular formula is C29H34FN5O2S. The van der Waals surface area contributed by atoms with Crippen molar-refractivity contribution in [2.75, 3.05) is 27.2 Å². The van der Waals surface area contributed by atoms with Crippen molar-refractivity contribution in [2.45, 2.75) is 37.2 Å². The molecule has 38 heavy (non-hydrogen) atoms. The number of carbonyl (C=O) groups is 1. The molecule has 1 aliphatic rings. The van der Waals surface area contributed by atoms with Crippen LogP contribution in [0.4, 0.5) is 4.39 Å². The fourth-order valence-corrected chi connectivity index (χ4v) is 5.80. The van der Waals surface area contributed by atoms with Crippen molar-refractivity contribution in [3.05, 3.63) is 90.0 Å². The first kappa shape index (κ1) is 27.6. The summed E-state index contributed by atoms with van der Waals surface area (Å²) in [5.74, 6) is -0.581. The summed E-state index contributed by atoms with van der Waals surface area (Å²) in [6, 6.07) is 13.8. The van der Waals surface area contributed by atoms with Gasteiger partial charge in [0, 0.05) is 30.8 Å². The minimum absolute atomic E-state index is 0.246. The highest BCUT2D eigenvalue weighted by molar-refractivity contribution is 7.82. The van der Waals surface area contributed by atoms with Crippen LogP contribution in [-0.2, 0) is 22.3 Å². The quantitative estimate of drug-likeness (QED) is 0.412. The van der Waals surface area contributed by atoms with E-state index in [4.69, 9.17) is 0 Å². The molecule has 0 saturated carbocycles. The van der Waals surface area contributed by atoms with Crippen LogP contribution in [0, 0.1) is 5.82 Å². The maximum Gasteiger partial charge on any atom is 0.251 e. The van der Waals surface area contributed by atoms with E-state index < -0.39 is 11.0 Å². The van der Waals surface area contributed by atoms with E-state index in [1.54, 1.807) is 42.1 Å². The number of hydrogen-bond donors (Lipinski definition) is 1. The first-order valence-electron chi connectivity index (χ1n) is 12.7. The Morgan fingerprint density at radius 1 is 1.18 bits per heavy atom. The van der Waals surface area contributed by atoms with E-state index in [2.05, 4.69) is 28.9 Å². The molecule has 1 unspecified atom stereocenters. The van der Waals surface area contributed by atoms with Crippen molar-refractivity contribution in [3.63, 3.8) is 0 Å². The van der Waals surface area contributed by atoms with Gasteiger partial charge in [0.25, 0.3) is 5.91 Å². The highest BCUT2D eigenvalue weighted by Crippen LogP contribution is 2.24. The zero-order valence-electron chi connectivity index (χ0n) is 22.1. The number of amides is 1. The van der Waals surface area contributed by atoms with Crippen LogP contribution < -0.4 is 5.32 Å². The standard InChI is InChI=1S/C29H34FN5O2S/c1-5-26(27-20-32-35(28(27)6-2)24-11-9-22(30)10-12-24)29(36)31-19-21-7-13-25(14-8-21)38(37)34(4)23-15-17-33(3)18-16-23/h5-14,20,23H,2,15-19H2,1,3-4H3,(H,31,36)/b26-5+. The smallest absolute Gasteiger partial charge is 0.251 e. The molecule has 0 radical (unpaired) electrons. The van der Waals surface area contributed by atoms with Gasteiger partial charge in [-0.15, -0.1) is 0 Å². The molecule has 0 bridgehead atoms. The van der Waals surface area contributed by atoms with Gasteiger partial charge in [-0.3, -0.25) is 4.79 Å². The van der Waals surface area contributed by atoms with Crippen molar-refractivity contribution in [2.24, 2.45) is 0 Å². The van der Waals surface area contributed by atoms with Gasteiger partial charge in [0.2, 0.25) is 0 Å². The lowest BCUT2D eigenvalue weighted by atomic mass is 10.1. The van der Waals surface area contributed by atoms with Crippen LogP contribution in [0.2, 0.25) is 0 Å². The number of nitrogens with one attached hydrogen (secondary N) is 1. The molecule has 1 fully saturated rings. The summed E-state index contributed by atoms with van der Waals surface area (Å²) in [4.78, 5) is 16.2. The van der Waals surface area contributed by atoms with E-state index in [1.807, 2.05) is 35.6 Å². The summed E-state index contributed by atoms with van der Waals surface area (Å²) >= 11 is 0. The second-order valence-corrected chi connectivity index (χ2v) is 10.9. The maximum atomic E-state index is 13.4. The van der Waals surface area contributed by atoms with Crippen LogP contribution in [-0.4, -0.2) is 62.3 Å². The topological polar surface area (TPSA) is 70.5 Å². The Labute approximate surface area is 226 Å². The van der Waals surface area contributed by atoms with Crippen LogP contribution in [0.5, 0.6) is 0 Å². The molecular weight excluding hydrogens is 501 g/mol. The predicted molar refractivity (Wildman–Crippen MR) is 150 cm³/mol. The van der Waals surface area contributed by atoms with Gasteiger partial charge in [0.1, 0.15) is 16.8 Å². The molecule has 7 nitrogen and oxygen atoms in total. The first-order valence-corrected chi connectivity index (χ1v) is 13.8. The summed E-state index contributed by atoms with van der Waals surface area (Å²) in [7, 11) is 2.81. The number of aromatic nitrogens is 2. The van der Waals surface area contributed by atoms with Gasteiger partial charge in [-0.25, -0.2) is 17.6 Å². The second kappa shape index (κ2) is 12.4. The first-order chi connectivity index (χ1) is 18.3. The fraction of sp³-hybridized carbons (Fsp3) is 0.310. The van der Waals surface area contributed by atoms with Crippen molar-refractivity contribution < 1.29 is 13.4 Å². The number of carbonyl (C=O) groups excluding carboxylic acids is 1. The molecule has 1 aromatic heterocycles. The molecule has 9 heteroatoms. The number of hydrogen-bond acceptors (Lipinski definition) is 4. The normalized spacial score (nSPS) is 16.0. The van der Waals surface area contributed by atoms with E-state index in [0.717, 1.165) is 36.4 Å². The molecule has 200 valence electrons. The molecule has 0 aliphatic carbocycles. The zero-order valence-corrected chi connectivity index (χ0v) is 22.9. The summed E-state index contributed by atoms with van der Waals surface area (Å²) in [6.07, 6.45) is 6.99. The third-order valence-corrected chi connectivity index (χ3v) is 8.43. The zero-order chi connectivity index (χ0) is 27.2. The van der Waals surface area contributed by atoms with Gasteiger partial charge in [-0.1, -0.05) is 24.8 Å². The van der Waals surface area contributed by atoms with Crippen LogP contribution >= 0.6 is 0 Å². The molecule has 2 aromatic carbocycles. The Morgan fingerprint density at radius 3 is 2.45 bits per heavy atom. The fourth-order valence-electron chi connectivity index (χ4n) is 4.62. The average Bonchev–Trinajstić information content (AvgIpc) is 3.36. The number of benzene rings is 2. The molecule has 1 saturated heterocycles. The molecule has 1 amide bonds. The van der Waals surface area contributed by atoms with E-state index in [-0.39, 0.29) is 11.7 Å². The van der Waals surface area contributed by atoms with E-state index in [0.29, 0.717) is 35.1 Å². The third kappa shape index (κ3) is 6.18. The van der Waals surface area contributed by atoms with E-state index in [1.165, 1.54) is 12.1 Å². The Bertz CT molecular complexity index is 1330. The summed E-state index contributed by atoms with van der Waals surface area (Å²) < 4.78 is 30.0. The van der Waals surface area contributed by atoms with Gasteiger partial charge < -0.3 is 10.2 Å². The summed E-state index contributed by atoms with van der Waals surface area (Å²) in [6.45, 7) is 8.03. The Hall–Kier alpha value is -3.40. The number of allylic oxidation sites excluding steroid dienone is 1. The van der Waals surface area contributed by atoms with Crippen molar-refractivity contribution >= 4 is 28.5 Å². The van der Waals surface area contributed by atoms with Gasteiger partial charge in [0.05, 0.1) is 22.5 Å². The lowest BCUT2D eigenvalue weighted by Gasteiger charge is -2.34. The highest BCUT2D eigenvalue weighted by Gasteiger charge is 2.25. The monoisotopic (exact) mass is 535 g/mol. The lowest BCUT2D eigenvalue weighted by molar-refractivity contribution is -0.115. The van der Waals surface area contributed by atoms with E-state index >= 15 is 0 Å². The van der Waals surface area contributed by atoms with Gasteiger partial charge in [-0.05, 0) is 87.9 Å². The second-order valence-electron chi connectivity index (χ2n) is 9.39. The maximum absolute atomic E-state index is 13.4. The molecule has 0 spiro atoms. The van der Waals surface area contributed by atoms with Crippen molar-refractivity contribution in [3.8, 4) is 5.69 Å². The van der Waals surface area contributed by atoms with Crippen LogP contribution in [0.3, 0.4) is 0 Å². The Kier molecular flexibility index (Phi) is 9.04. The lowest BCUT2D eigenvalue weighted by Crippen LogP contribution is -2.42. The average molecular weight is 536 g/mol. The number of halogens is 1. The number of piperidine rings is 1. The molecule has 1 aliphatic heterocycles. The SMILES string of the molecule is C=Cc1c(/C(=C\C)C(=O)NCc2ccc(S(=O)N(C)C3CCN(C)CC3)cc2)cnn1-c1ccc(F)cc1. The minimum atomic E-state index is -1.23. The number of rotatable bonds is 9. The predicted octanol–water partition coefficient (Wildman–Crippen LogP) is 4.42. The summed E-state index contributed by atoms with van der Waals surface area (Å²) in [5.41, 5.74) is 3.31. The Balaban J connectivity index is 1.40.